The minimum atomic E-state index is 0.338. The molecule has 0 unspecified atom stereocenters. The highest BCUT2D eigenvalue weighted by Gasteiger charge is 2.13. The van der Waals surface area contributed by atoms with Crippen molar-refractivity contribution in [2.45, 2.75) is 33.0 Å². The van der Waals surface area contributed by atoms with Gasteiger partial charge in [-0.25, -0.2) is 4.98 Å². The van der Waals surface area contributed by atoms with Crippen molar-refractivity contribution in [1.82, 2.24) is 9.55 Å². The number of rotatable bonds is 7. The minimum absolute atomic E-state index is 0.338. The Kier molecular flexibility index (Phi) is 5.11. The second-order valence-corrected chi connectivity index (χ2v) is 5.06. The zero-order valence-corrected chi connectivity index (χ0v) is 12.4. The fourth-order valence-electron chi connectivity index (χ4n) is 2.30. The Balaban J connectivity index is 2.29. The SMILES string of the molecule is COCCOCc1nc2cc(CN)ccc2n1C(C)C. The van der Waals surface area contributed by atoms with E-state index in [0.717, 1.165) is 22.4 Å². The van der Waals surface area contributed by atoms with Crippen LogP contribution >= 0.6 is 0 Å². The molecule has 0 amide bonds. The molecule has 0 atom stereocenters. The molecule has 0 bridgehead atoms. The van der Waals surface area contributed by atoms with Gasteiger partial charge < -0.3 is 19.8 Å². The van der Waals surface area contributed by atoms with Gasteiger partial charge >= 0.3 is 0 Å². The van der Waals surface area contributed by atoms with E-state index in [0.29, 0.717) is 32.4 Å². The molecule has 5 heteroatoms. The summed E-state index contributed by atoms with van der Waals surface area (Å²) < 4.78 is 12.8. The van der Waals surface area contributed by atoms with E-state index in [-0.39, 0.29) is 0 Å². The van der Waals surface area contributed by atoms with Gasteiger partial charge in [0.1, 0.15) is 12.4 Å². The van der Waals surface area contributed by atoms with Gasteiger partial charge in [0, 0.05) is 19.7 Å². The second-order valence-electron chi connectivity index (χ2n) is 5.06. The number of aromatic nitrogens is 2. The van der Waals surface area contributed by atoms with E-state index in [1.807, 2.05) is 6.07 Å². The van der Waals surface area contributed by atoms with Crippen molar-refractivity contribution in [3.05, 3.63) is 29.6 Å². The van der Waals surface area contributed by atoms with Crippen molar-refractivity contribution >= 4 is 11.0 Å². The number of hydrogen-bond donors (Lipinski definition) is 1. The molecule has 1 aromatic carbocycles. The summed E-state index contributed by atoms with van der Waals surface area (Å²) in [5, 5.41) is 0. The lowest BCUT2D eigenvalue weighted by molar-refractivity contribution is 0.0571. The van der Waals surface area contributed by atoms with Crippen molar-refractivity contribution in [2.75, 3.05) is 20.3 Å². The summed E-state index contributed by atoms with van der Waals surface area (Å²) in [6, 6.07) is 6.53. The Morgan fingerprint density at radius 3 is 2.75 bits per heavy atom. The first-order valence-electron chi connectivity index (χ1n) is 6.93. The molecule has 0 fully saturated rings. The van der Waals surface area contributed by atoms with Crippen molar-refractivity contribution < 1.29 is 9.47 Å². The van der Waals surface area contributed by atoms with Crippen LogP contribution in [0.5, 0.6) is 0 Å². The van der Waals surface area contributed by atoms with Gasteiger partial charge in [-0.2, -0.15) is 0 Å². The van der Waals surface area contributed by atoms with E-state index < -0.39 is 0 Å². The van der Waals surface area contributed by atoms with Gasteiger partial charge in [0.25, 0.3) is 0 Å². The van der Waals surface area contributed by atoms with Gasteiger partial charge in [0.2, 0.25) is 0 Å². The molecule has 0 radical (unpaired) electrons. The highest BCUT2D eigenvalue weighted by Crippen LogP contribution is 2.22. The van der Waals surface area contributed by atoms with E-state index in [9.17, 15) is 0 Å². The van der Waals surface area contributed by atoms with Gasteiger partial charge in [-0.1, -0.05) is 6.07 Å². The van der Waals surface area contributed by atoms with E-state index >= 15 is 0 Å². The third-order valence-corrected chi connectivity index (χ3v) is 3.24. The number of nitrogens with zero attached hydrogens (tertiary/aromatic N) is 2. The number of methoxy groups -OCH3 is 1. The lowest BCUT2D eigenvalue weighted by Gasteiger charge is -2.13. The summed E-state index contributed by atoms with van der Waals surface area (Å²) in [5.41, 5.74) is 8.89. The number of fused-ring (bicyclic) bond motifs is 1. The first-order valence-corrected chi connectivity index (χ1v) is 6.93. The zero-order chi connectivity index (χ0) is 14.5. The third-order valence-electron chi connectivity index (χ3n) is 3.24. The quantitative estimate of drug-likeness (QED) is 0.788. The first kappa shape index (κ1) is 15.0. The third kappa shape index (κ3) is 3.17. The van der Waals surface area contributed by atoms with Crippen LogP contribution in [0.2, 0.25) is 0 Å². The largest absolute Gasteiger partial charge is 0.382 e. The Morgan fingerprint density at radius 1 is 1.30 bits per heavy atom. The average Bonchev–Trinajstić information content (AvgIpc) is 2.80. The molecule has 5 nitrogen and oxygen atoms in total. The van der Waals surface area contributed by atoms with Crippen molar-refractivity contribution in [1.29, 1.82) is 0 Å². The van der Waals surface area contributed by atoms with Gasteiger partial charge in [-0.05, 0) is 31.5 Å². The molecule has 2 N–H and O–H groups in total. The molecular formula is C15H23N3O2. The molecule has 0 aliphatic heterocycles. The van der Waals surface area contributed by atoms with Crippen LogP contribution in [-0.4, -0.2) is 29.9 Å². The van der Waals surface area contributed by atoms with Crippen LogP contribution in [0.4, 0.5) is 0 Å². The molecule has 0 aliphatic rings. The van der Waals surface area contributed by atoms with Crippen molar-refractivity contribution in [3.63, 3.8) is 0 Å². The van der Waals surface area contributed by atoms with Crippen molar-refractivity contribution in [3.8, 4) is 0 Å². The summed E-state index contributed by atoms with van der Waals surface area (Å²) >= 11 is 0. The lowest BCUT2D eigenvalue weighted by Crippen LogP contribution is -2.09. The topological polar surface area (TPSA) is 62.3 Å². The van der Waals surface area contributed by atoms with Gasteiger partial charge in [0.05, 0.1) is 24.2 Å². The van der Waals surface area contributed by atoms with Gasteiger partial charge in [-0.3, -0.25) is 0 Å². The molecule has 20 heavy (non-hydrogen) atoms. The fourth-order valence-corrected chi connectivity index (χ4v) is 2.30. The van der Waals surface area contributed by atoms with E-state index in [2.05, 4.69) is 35.5 Å². The van der Waals surface area contributed by atoms with Crippen LogP contribution in [-0.2, 0) is 22.6 Å². The smallest absolute Gasteiger partial charge is 0.136 e. The Bertz CT molecular complexity index is 563. The van der Waals surface area contributed by atoms with Crippen LogP contribution in [0.15, 0.2) is 18.2 Å². The number of nitrogens with two attached hydrogens (primary N) is 1. The second kappa shape index (κ2) is 6.83. The number of benzene rings is 1. The molecule has 2 aromatic rings. The molecule has 1 heterocycles. The highest BCUT2D eigenvalue weighted by molar-refractivity contribution is 5.77. The van der Waals surface area contributed by atoms with E-state index in [4.69, 9.17) is 15.2 Å². The number of imidazole rings is 1. The maximum atomic E-state index is 5.69. The van der Waals surface area contributed by atoms with E-state index in [1.165, 1.54) is 0 Å². The molecule has 1 aromatic heterocycles. The summed E-state index contributed by atoms with van der Waals surface area (Å²) in [4.78, 5) is 4.68. The lowest BCUT2D eigenvalue weighted by atomic mass is 10.2. The Morgan fingerprint density at radius 2 is 2.10 bits per heavy atom. The predicted molar refractivity (Wildman–Crippen MR) is 79.5 cm³/mol. The predicted octanol–water partition coefficient (Wildman–Crippen LogP) is 2.24. The Labute approximate surface area is 119 Å². The monoisotopic (exact) mass is 277 g/mol. The molecule has 0 saturated heterocycles. The minimum Gasteiger partial charge on any atom is -0.382 e. The maximum Gasteiger partial charge on any atom is 0.136 e. The van der Waals surface area contributed by atoms with Crippen LogP contribution in [0, 0.1) is 0 Å². The first-order chi connectivity index (χ1) is 9.67. The average molecular weight is 277 g/mol. The summed E-state index contributed by atoms with van der Waals surface area (Å²) in [6.45, 7) is 6.50. The number of hydrogen-bond acceptors (Lipinski definition) is 4. The van der Waals surface area contributed by atoms with Crippen molar-refractivity contribution in [2.24, 2.45) is 5.73 Å². The summed E-state index contributed by atoms with van der Waals surface area (Å²) in [5.74, 6) is 0.945. The van der Waals surface area contributed by atoms with Gasteiger partial charge in [0.15, 0.2) is 0 Å². The summed E-state index contributed by atoms with van der Waals surface area (Å²) in [7, 11) is 1.67. The van der Waals surface area contributed by atoms with Crippen LogP contribution in [0.3, 0.4) is 0 Å². The normalized spacial score (nSPS) is 11.7. The standard InChI is InChI=1S/C15H23N3O2/c1-11(2)18-14-5-4-12(9-16)8-13(14)17-15(18)10-20-7-6-19-3/h4-5,8,11H,6-7,9-10,16H2,1-3H3. The molecule has 2 rings (SSSR count). The molecular weight excluding hydrogens is 254 g/mol. The molecule has 0 saturated carbocycles. The van der Waals surface area contributed by atoms with Gasteiger partial charge in [-0.15, -0.1) is 0 Å². The number of ether oxygens (including phenoxy) is 2. The highest BCUT2D eigenvalue weighted by atomic mass is 16.5. The maximum absolute atomic E-state index is 5.69. The molecule has 110 valence electrons. The van der Waals surface area contributed by atoms with Crippen LogP contribution in [0.1, 0.15) is 31.3 Å². The fraction of sp³-hybridized carbons (Fsp3) is 0.533. The zero-order valence-electron chi connectivity index (χ0n) is 12.4. The Hall–Kier alpha value is -1.43. The van der Waals surface area contributed by atoms with Crippen LogP contribution < -0.4 is 5.73 Å². The van der Waals surface area contributed by atoms with E-state index in [1.54, 1.807) is 7.11 Å². The van der Waals surface area contributed by atoms with Crippen LogP contribution in [0.25, 0.3) is 11.0 Å². The summed E-state index contributed by atoms with van der Waals surface area (Å²) in [6.07, 6.45) is 0. The molecule has 0 aliphatic carbocycles. The molecule has 0 spiro atoms.